The molecule has 0 saturated carbocycles. The van der Waals surface area contributed by atoms with Crippen molar-refractivity contribution in [3.63, 3.8) is 0 Å². The van der Waals surface area contributed by atoms with Crippen molar-refractivity contribution < 1.29 is 27.9 Å². The molecule has 2 N–H and O–H groups in total. The van der Waals surface area contributed by atoms with Gasteiger partial charge in [-0.2, -0.15) is 18.3 Å². The molecule has 0 bridgehead atoms. The van der Waals surface area contributed by atoms with Crippen LogP contribution < -0.4 is 0 Å². The van der Waals surface area contributed by atoms with Crippen LogP contribution in [0.5, 0.6) is 0 Å². The lowest BCUT2D eigenvalue weighted by atomic mass is 10.0. The van der Waals surface area contributed by atoms with Gasteiger partial charge in [0.2, 0.25) is 0 Å². The fourth-order valence-electron chi connectivity index (χ4n) is 3.56. The van der Waals surface area contributed by atoms with Crippen molar-refractivity contribution in [1.29, 1.82) is 0 Å². The van der Waals surface area contributed by atoms with E-state index in [2.05, 4.69) is 27.0 Å². The Labute approximate surface area is 174 Å². The predicted octanol–water partition coefficient (Wildman–Crippen LogP) is 2.68. The van der Waals surface area contributed by atoms with Crippen LogP contribution in [0.4, 0.5) is 13.2 Å². The number of alkyl halides is 3. The fourth-order valence-corrected chi connectivity index (χ4v) is 4.21. The van der Waals surface area contributed by atoms with E-state index < -0.39 is 12.1 Å². The molecule has 8 nitrogen and oxygen atoms in total. The number of aliphatic carboxylic acids is 1. The standard InChI is InChI=1S/C16H21N5OS.C2HF3O2/c1-11-3-2-6-21(11)16(22)15-12-9-20(7-4-13(12)18-19-15)10-14-17-5-8-23-14;3-2(4,5)1(6)7/h5,8,11H,2-4,6-7,9-10H2,1H3,(H,18,19);(H,6,7). The Bertz CT molecular complexity index is 884. The number of likely N-dealkylation sites (tertiary alicyclic amines) is 1. The molecule has 2 aromatic rings. The van der Waals surface area contributed by atoms with Crippen LogP contribution >= 0.6 is 11.3 Å². The van der Waals surface area contributed by atoms with Crippen molar-refractivity contribution in [2.24, 2.45) is 0 Å². The first-order valence-electron chi connectivity index (χ1n) is 9.44. The number of carboxylic acids is 1. The van der Waals surface area contributed by atoms with E-state index in [1.54, 1.807) is 11.3 Å². The molecule has 4 rings (SSSR count). The largest absolute Gasteiger partial charge is 0.490 e. The molecule has 30 heavy (non-hydrogen) atoms. The van der Waals surface area contributed by atoms with Gasteiger partial charge in [-0.3, -0.25) is 14.8 Å². The number of fused-ring (bicyclic) bond motifs is 1. The molecule has 1 fully saturated rings. The van der Waals surface area contributed by atoms with Crippen molar-refractivity contribution in [2.75, 3.05) is 13.1 Å². The Morgan fingerprint density at radius 1 is 1.37 bits per heavy atom. The van der Waals surface area contributed by atoms with Gasteiger partial charge in [0.25, 0.3) is 5.91 Å². The number of amides is 1. The van der Waals surface area contributed by atoms with Crippen LogP contribution in [-0.4, -0.2) is 67.3 Å². The monoisotopic (exact) mass is 445 g/mol. The second-order valence-electron chi connectivity index (χ2n) is 7.21. The van der Waals surface area contributed by atoms with Gasteiger partial charge in [-0.25, -0.2) is 9.78 Å². The van der Waals surface area contributed by atoms with Crippen molar-refractivity contribution in [2.45, 2.75) is 51.5 Å². The van der Waals surface area contributed by atoms with Crippen LogP contribution in [0.15, 0.2) is 11.6 Å². The molecule has 164 valence electrons. The summed E-state index contributed by atoms with van der Waals surface area (Å²) in [5.41, 5.74) is 2.82. The number of H-pyrrole nitrogens is 1. The predicted molar refractivity (Wildman–Crippen MR) is 102 cm³/mol. The second kappa shape index (κ2) is 9.13. The maximum atomic E-state index is 12.8. The summed E-state index contributed by atoms with van der Waals surface area (Å²) in [7, 11) is 0. The minimum atomic E-state index is -5.08. The van der Waals surface area contributed by atoms with E-state index in [9.17, 15) is 18.0 Å². The molecule has 1 atom stereocenters. The first-order valence-corrected chi connectivity index (χ1v) is 10.3. The number of carbonyl (C=O) groups excluding carboxylic acids is 1. The Morgan fingerprint density at radius 3 is 2.67 bits per heavy atom. The Balaban J connectivity index is 0.000000318. The number of hydrogen-bond acceptors (Lipinski definition) is 6. The summed E-state index contributed by atoms with van der Waals surface area (Å²) < 4.78 is 31.7. The highest BCUT2D eigenvalue weighted by Crippen LogP contribution is 2.26. The number of carbonyl (C=O) groups is 2. The highest BCUT2D eigenvalue weighted by Gasteiger charge is 2.38. The third kappa shape index (κ3) is 5.17. The summed E-state index contributed by atoms with van der Waals surface area (Å²) in [6.45, 7) is 5.57. The SMILES string of the molecule is CC1CCCN1C(=O)c1n[nH]c2c1CN(Cc1nccs1)CC2.O=C(O)C(F)(F)F. The van der Waals surface area contributed by atoms with E-state index in [0.717, 1.165) is 61.7 Å². The summed E-state index contributed by atoms with van der Waals surface area (Å²) in [6, 6.07) is 0.324. The van der Waals surface area contributed by atoms with Gasteiger partial charge in [-0.1, -0.05) is 0 Å². The van der Waals surface area contributed by atoms with Gasteiger partial charge < -0.3 is 10.0 Å². The normalized spacial score (nSPS) is 19.2. The number of halogens is 3. The van der Waals surface area contributed by atoms with Gasteiger partial charge in [0, 0.05) is 54.9 Å². The minimum Gasteiger partial charge on any atom is -0.475 e. The maximum absolute atomic E-state index is 12.8. The van der Waals surface area contributed by atoms with Crippen LogP contribution in [0.1, 0.15) is 46.5 Å². The van der Waals surface area contributed by atoms with Crippen LogP contribution in [0, 0.1) is 0 Å². The molecule has 12 heteroatoms. The lowest BCUT2D eigenvalue weighted by Crippen LogP contribution is -2.36. The molecule has 0 aromatic carbocycles. The number of nitrogens with zero attached hydrogens (tertiary/aromatic N) is 4. The highest BCUT2D eigenvalue weighted by molar-refractivity contribution is 7.09. The number of nitrogens with one attached hydrogen (secondary N) is 1. The third-order valence-corrected chi connectivity index (χ3v) is 5.88. The number of hydrogen-bond donors (Lipinski definition) is 2. The summed E-state index contributed by atoms with van der Waals surface area (Å²) in [4.78, 5) is 30.4. The van der Waals surface area contributed by atoms with Crippen molar-refractivity contribution >= 4 is 23.2 Å². The average molecular weight is 445 g/mol. The molecule has 0 spiro atoms. The van der Waals surface area contributed by atoms with Crippen molar-refractivity contribution in [3.05, 3.63) is 33.5 Å². The number of rotatable bonds is 3. The van der Waals surface area contributed by atoms with E-state index in [1.165, 1.54) is 0 Å². The number of aromatic nitrogens is 3. The maximum Gasteiger partial charge on any atom is 0.490 e. The fraction of sp³-hybridized carbons (Fsp3) is 0.556. The first kappa shape index (κ1) is 22.2. The highest BCUT2D eigenvalue weighted by atomic mass is 32.1. The molecule has 4 heterocycles. The van der Waals surface area contributed by atoms with E-state index in [4.69, 9.17) is 9.90 Å². The zero-order valence-corrected chi connectivity index (χ0v) is 17.1. The van der Waals surface area contributed by atoms with Gasteiger partial charge in [0.15, 0.2) is 5.69 Å². The van der Waals surface area contributed by atoms with Crippen molar-refractivity contribution in [3.8, 4) is 0 Å². The van der Waals surface area contributed by atoms with E-state index in [0.29, 0.717) is 11.7 Å². The topological polar surface area (TPSA) is 102 Å². The molecule has 0 radical (unpaired) electrons. The summed E-state index contributed by atoms with van der Waals surface area (Å²) in [5.74, 6) is -2.67. The van der Waals surface area contributed by atoms with E-state index >= 15 is 0 Å². The zero-order valence-electron chi connectivity index (χ0n) is 16.3. The van der Waals surface area contributed by atoms with Gasteiger partial charge >= 0.3 is 12.1 Å². The average Bonchev–Trinajstić information content (AvgIpc) is 3.41. The van der Waals surface area contributed by atoms with Crippen molar-refractivity contribution in [1.82, 2.24) is 25.0 Å². The van der Waals surface area contributed by atoms with Gasteiger partial charge in [-0.05, 0) is 19.8 Å². The Kier molecular flexibility index (Phi) is 6.76. The Morgan fingerprint density at radius 2 is 2.10 bits per heavy atom. The van der Waals surface area contributed by atoms with Crippen LogP contribution in [0.2, 0.25) is 0 Å². The van der Waals surface area contributed by atoms with E-state index in [-0.39, 0.29) is 5.91 Å². The lowest BCUT2D eigenvalue weighted by Gasteiger charge is -2.27. The molecule has 0 aliphatic carbocycles. The van der Waals surface area contributed by atoms with Gasteiger partial charge in [0.05, 0.1) is 6.54 Å². The molecular weight excluding hydrogens is 423 g/mol. The third-order valence-electron chi connectivity index (χ3n) is 5.11. The van der Waals surface area contributed by atoms with Gasteiger partial charge in [-0.15, -0.1) is 11.3 Å². The van der Waals surface area contributed by atoms with E-state index in [1.807, 2.05) is 16.5 Å². The van der Waals surface area contributed by atoms with Gasteiger partial charge in [0.1, 0.15) is 5.01 Å². The summed E-state index contributed by atoms with van der Waals surface area (Å²) in [5, 5.41) is 17.7. The van der Waals surface area contributed by atoms with Crippen LogP contribution in [-0.2, 0) is 24.3 Å². The molecule has 1 amide bonds. The molecular formula is C18H22F3N5O3S. The quantitative estimate of drug-likeness (QED) is 0.753. The van der Waals surface area contributed by atoms with Crippen LogP contribution in [0.25, 0.3) is 0 Å². The number of carboxylic acid groups (broad SMARTS) is 1. The number of thiazole rings is 1. The first-order chi connectivity index (χ1) is 14.2. The molecule has 2 aliphatic rings. The summed E-state index contributed by atoms with van der Waals surface area (Å²) >= 11 is 1.68. The molecule has 2 aliphatic heterocycles. The minimum absolute atomic E-state index is 0.0867. The molecule has 1 saturated heterocycles. The Hall–Kier alpha value is -2.47. The number of aromatic amines is 1. The molecule has 2 aromatic heterocycles. The summed E-state index contributed by atoms with van der Waals surface area (Å²) in [6.07, 6.45) is -0.141. The second-order valence-corrected chi connectivity index (χ2v) is 8.19. The molecule has 1 unspecified atom stereocenters. The van der Waals surface area contributed by atoms with Crippen LogP contribution in [0.3, 0.4) is 0 Å². The smallest absolute Gasteiger partial charge is 0.475 e. The lowest BCUT2D eigenvalue weighted by molar-refractivity contribution is -0.192. The zero-order chi connectivity index (χ0) is 21.9.